The number of rotatable bonds is 6. The molecule has 1 heterocycles. The molecule has 0 spiro atoms. The van der Waals surface area contributed by atoms with Gasteiger partial charge in [0.25, 0.3) is 0 Å². The fraction of sp³-hybridized carbons (Fsp3) is 0.400. The maximum atomic E-state index is 9.26. The van der Waals surface area contributed by atoms with Crippen molar-refractivity contribution in [1.29, 1.82) is 0 Å². The Morgan fingerprint density at radius 1 is 1.40 bits per heavy atom. The highest BCUT2D eigenvalue weighted by Gasteiger charge is 2.41. The van der Waals surface area contributed by atoms with Crippen LogP contribution in [0.1, 0.15) is 18.7 Å². The summed E-state index contributed by atoms with van der Waals surface area (Å²) in [6, 6.07) is 8.14. The van der Waals surface area contributed by atoms with Gasteiger partial charge in [-0.25, -0.2) is 4.98 Å². The Kier molecular flexibility index (Phi) is 3.92. The average Bonchev–Trinajstić information content (AvgIpc) is 3.08. The van der Waals surface area contributed by atoms with Gasteiger partial charge >= 0.3 is 0 Å². The second kappa shape index (κ2) is 5.68. The zero-order valence-electron chi connectivity index (χ0n) is 11.2. The van der Waals surface area contributed by atoms with Gasteiger partial charge in [-0.2, -0.15) is 0 Å². The fourth-order valence-corrected chi connectivity index (χ4v) is 2.67. The highest BCUT2D eigenvalue weighted by atomic mass is 79.9. The second-order valence-electron chi connectivity index (χ2n) is 5.52. The summed E-state index contributed by atoms with van der Waals surface area (Å²) in [5.41, 5.74) is 2.28. The molecule has 1 fully saturated rings. The Labute approximate surface area is 126 Å². The van der Waals surface area contributed by atoms with Crippen molar-refractivity contribution in [3.8, 4) is 11.3 Å². The molecule has 0 radical (unpaired) electrons. The molecule has 5 heteroatoms. The van der Waals surface area contributed by atoms with Gasteiger partial charge in [0.2, 0.25) is 0 Å². The Balaban J connectivity index is 1.59. The van der Waals surface area contributed by atoms with Crippen LogP contribution in [0.15, 0.2) is 34.9 Å². The largest absolute Gasteiger partial charge is 0.396 e. The van der Waals surface area contributed by atoms with Gasteiger partial charge in [0.05, 0.1) is 18.4 Å². The van der Waals surface area contributed by atoms with Crippen LogP contribution in [0.4, 0.5) is 0 Å². The fourth-order valence-electron chi connectivity index (χ4n) is 2.27. The van der Waals surface area contributed by atoms with Gasteiger partial charge in [0, 0.05) is 28.6 Å². The molecular weight excluding hydrogens is 318 g/mol. The number of nitrogens with zero attached hydrogens (tertiary/aromatic N) is 1. The summed E-state index contributed by atoms with van der Waals surface area (Å²) in [5.74, 6) is 0.925. The van der Waals surface area contributed by atoms with Crippen LogP contribution in [0, 0.1) is 5.41 Å². The lowest BCUT2D eigenvalue weighted by Gasteiger charge is -2.11. The van der Waals surface area contributed by atoms with E-state index in [0.29, 0.717) is 6.54 Å². The molecule has 106 valence electrons. The van der Waals surface area contributed by atoms with Crippen molar-refractivity contribution >= 4 is 15.9 Å². The zero-order valence-corrected chi connectivity index (χ0v) is 12.8. The Morgan fingerprint density at radius 2 is 2.25 bits per heavy atom. The van der Waals surface area contributed by atoms with Crippen LogP contribution in [-0.2, 0) is 6.54 Å². The third kappa shape index (κ3) is 3.11. The summed E-state index contributed by atoms with van der Waals surface area (Å²) in [5, 5.41) is 12.6. The SMILES string of the molecule is OCC1(CNCc2ncc(-c3cccc(Br)c3)[nH]2)CC1. The highest BCUT2D eigenvalue weighted by Crippen LogP contribution is 2.44. The van der Waals surface area contributed by atoms with Crippen LogP contribution in [0.25, 0.3) is 11.3 Å². The first-order chi connectivity index (χ1) is 9.71. The molecule has 0 saturated heterocycles. The third-order valence-electron chi connectivity index (χ3n) is 3.85. The molecule has 1 aliphatic rings. The first-order valence-electron chi connectivity index (χ1n) is 6.82. The Hall–Kier alpha value is -1.17. The molecular formula is C15H18BrN3O. The number of hydrogen-bond acceptors (Lipinski definition) is 3. The van der Waals surface area contributed by atoms with Crippen LogP contribution in [-0.4, -0.2) is 28.2 Å². The van der Waals surface area contributed by atoms with E-state index in [1.807, 2.05) is 18.3 Å². The van der Waals surface area contributed by atoms with Gasteiger partial charge in [-0.15, -0.1) is 0 Å². The molecule has 20 heavy (non-hydrogen) atoms. The predicted octanol–water partition coefficient (Wildman–Crippen LogP) is 2.70. The summed E-state index contributed by atoms with van der Waals surface area (Å²) in [6.45, 7) is 1.84. The lowest BCUT2D eigenvalue weighted by molar-refractivity contribution is 0.207. The molecule has 4 nitrogen and oxygen atoms in total. The van der Waals surface area contributed by atoms with E-state index in [-0.39, 0.29) is 12.0 Å². The minimum atomic E-state index is 0.139. The second-order valence-corrected chi connectivity index (χ2v) is 6.43. The van der Waals surface area contributed by atoms with Gasteiger partial charge in [0.1, 0.15) is 5.82 Å². The first-order valence-corrected chi connectivity index (χ1v) is 7.61. The van der Waals surface area contributed by atoms with Crippen molar-refractivity contribution in [3.63, 3.8) is 0 Å². The van der Waals surface area contributed by atoms with Crippen LogP contribution in [0.5, 0.6) is 0 Å². The molecule has 3 N–H and O–H groups in total. The number of imidazole rings is 1. The van der Waals surface area contributed by atoms with Crippen LogP contribution < -0.4 is 5.32 Å². The predicted molar refractivity (Wildman–Crippen MR) is 82.2 cm³/mol. The van der Waals surface area contributed by atoms with E-state index in [2.05, 4.69) is 43.3 Å². The number of aromatic amines is 1. The highest BCUT2D eigenvalue weighted by molar-refractivity contribution is 9.10. The van der Waals surface area contributed by atoms with E-state index in [1.165, 1.54) is 0 Å². The molecule has 1 aromatic carbocycles. The molecule has 2 aromatic rings. The minimum absolute atomic E-state index is 0.139. The van der Waals surface area contributed by atoms with Crippen LogP contribution in [0.3, 0.4) is 0 Å². The van der Waals surface area contributed by atoms with Gasteiger partial charge < -0.3 is 15.4 Å². The van der Waals surface area contributed by atoms with Gasteiger partial charge in [-0.1, -0.05) is 28.1 Å². The Bertz CT molecular complexity index is 592. The quantitative estimate of drug-likeness (QED) is 0.760. The van der Waals surface area contributed by atoms with Crippen LogP contribution in [0.2, 0.25) is 0 Å². The molecule has 0 amide bonds. The lowest BCUT2D eigenvalue weighted by atomic mass is 10.1. The smallest absolute Gasteiger partial charge is 0.120 e. The standard InChI is InChI=1S/C15H18BrN3O/c16-12-3-1-2-11(6-12)13-7-18-14(19-13)8-17-9-15(10-20)4-5-15/h1-3,6-7,17,20H,4-5,8-10H2,(H,18,19). The van der Waals surface area contributed by atoms with Gasteiger partial charge in [0.15, 0.2) is 0 Å². The minimum Gasteiger partial charge on any atom is -0.396 e. The molecule has 3 rings (SSSR count). The number of nitrogens with one attached hydrogen (secondary N) is 2. The number of aliphatic hydroxyl groups excluding tert-OH is 1. The van der Waals surface area contributed by atoms with Crippen molar-refractivity contribution in [2.45, 2.75) is 19.4 Å². The molecule has 1 aliphatic carbocycles. The molecule has 1 saturated carbocycles. The number of benzene rings is 1. The van der Waals surface area contributed by atoms with Gasteiger partial charge in [-0.3, -0.25) is 0 Å². The lowest BCUT2D eigenvalue weighted by Crippen LogP contribution is -2.26. The van der Waals surface area contributed by atoms with E-state index >= 15 is 0 Å². The topological polar surface area (TPSA) is 60.9 Å². The van der Waals surface area contributed by atoms with Crippen molar-refractivity contribution in [3.05, 3.63) is 40.8 Å². The van der Waals surface area contributed by atoms with E-state index in [4.69, 9.17) is 0 Å². The summed E-state index contributed by atoms with van der Waals surface area (Å²) in [7, 11) is 0. The number of H-pyrrole nitrogens is 1. The van der Waals surface area contributed by atoms with E-state index in [0.717, 1.165) is 40.9 Å². The number of aromatic nitrogens is 2. The normalized spacial score (nSPS) is 16.3. The van der Waals surface area contributed by atoms with Crippen molar-refractivity contribution in [2.75, 3.05) is 13.2 Å². The summed E-state index contributed by atoms with van der Waals surface area (Å²) < 4.78 is 1.06. The van der Waals surface area contributed by atoms with Crippen molar-refractivity contribution in [2.24, 2.45) is 5.41 Å². The summed E-state index contributed by atoms with van der Waals surface area (Å²) >= 11 is 3.47. The molecule has 0 aliphatic heterocycles. The third-order valence-corrected chi connectivity index (χ3v) is 4.34. The first kappa shape index (κ1) is 13.8. The number of aliphatic hydroxyl groups is 1. The average molecular weight is 336 g/mol. The maximum Gasteiger partial charge on any atom is 0.120 e. The van der Waals surface area contributed by atoms with Crippen molar-refractivity contribution in [1.82, 2.24) is 15.3 Å². The molecule has 0 atom stereocenters. The van der Waals surface area contributed by atoms with E-state index in [9.17, 15) is 5.11 Å². The van der Waals surface area contributed by atoms with Gasteiger partial charge in [-0.05, 0) is 25.0 Å². The van der Waals surface area contributed by atoms with Crippen LogP contribution >= 0.6 is 15.9 Å². The molecule has 0 bridgehead atoms. The number of hydrogen-bond donors (Lipinski definition) is 3. The van der Waals surface area contributed by atoms with E-state index < -0.39 is 0 Å². The Morgan fingerprint density at radius 3 is 2.95 bits per heavy atom. The maximum absolute atomic E-state index is 9.26. The molecule has 1 aromatic heterocycles. The van der Waals surface area contributed by atoms with E-state index in [1.54, 1.807) is 0 Å². The summed E-state index contributed by atoms with van der Waals surface area (Å²) in [6.07, 6.45) is 4.10. The van der Waals surface area contributed by atoms with Crippen molar-refractivity contribution < 1.29 is 5.11 Å². The molecule has 0 unspecified atom stereocenters. The monoisotopic (exact) mass is 335 g/mol. The summed E-state index contributed by atoms with van der Waals surface area (Å²) in [4.78, 5) is 7.72. The number of halogens is 1. The zero-order chi connectivity index (χ0) is 14.0.